The Morgan fingerprint density at radius 3 is 2.29 bits per heavy atom. The van der Waals surface area contributed by atoms with Crippen LogP contribution in [0.4, 0.5) is 0 Å². The minimum atomic E-state index is 0.930. The van der Waals surface area contributed by atoms with Crippen LogP contribution in [-0.4, -0.2) is 7.11 Å². The number of allylic oxidation sites excluding steroid dienone is 2. The zero-order valence-electron chi connectivity index (χ0n) is 14.6. The SMILES string of the molecule is CCCC/C(=C(/C)OC)c1oc(-c2ccccc2)c2ccccc12. The molecule has 0 aliphatic carbocycles. The van der Waals surface area contributed by atoms with Crippen molar-refractivity contribution < 1.29 is 9.15 Å². The van der Waals surface area contributed by atoms with Gasteiger partial charge < -0.3 is 9.15 Å². The molecule has 0 aliphatic rings. The third-order valence-corrected chi connectivity index (χ3v) is 4.44. The molecule has 0 saturated carbocycles. The molecule has 0 aliphatic heterocycles. The van der Waals surface area contributed by atoms with E-state index >= 15 is 0 Å². The highest BCUT2D eigenvalue weighted by Crippen LogP contribution is 2.39. The maximum Gasteiger partial charge on any atom is 0.142 e. The fourth-order valence-electron chi connectivity index (χ4n) is 3.05. The number of hydrogen-bond donors (Lipinski definition) is 0. The Kier molecular flexibility index (Phi) is 5.05. The highest BCUT2D eigenvalue weighted by Gasteiger charge is 2.19. The van der Waals surface area contributed by atoms with E-state index in [4.69, 9.17) is 9.15 Å². The second kappa shape index (κ2) is 7.39. The lowest BCUT2D eigenvalue weighted by atomic mass is 10.0. The van der Waals surface area contributed by atoms with Crippen molar-refractivity contribution in [2.45, 2.75) is 33.1 Å². The van der Waals surface area contributed by atoms with E-state index in [9.17, 15) is 0 Å². The van der Waals surface area contributed by atoms with Gasteiger partial charge in [-0.05, 0) is 19.8 Å². The summed E-state index contributed by atoms with van der Waals surface area (Å²) in [6.07, 6.45) is 3.22. The molecule has 2 aromatic carbocycles. The summed E-state index contributed by atoms with van der Waals surface area (Å²) in [5.41, 5.74) is 2.27. The predicted octanol–water partition coefficient (Wildman–Crippen LogP) is 6.67. The van der Waals surface area contributed by atoms with Gasteiger partial charge in [0.15, 0.2) is 0 Å². The van der Waals surface area contributed by atoms with Crippen LogP contribution in [-0.2, 0) is 4.74 Å². The maximum atomic E-state index is 6.40. The highest BCUT2D eigenvalue weighted by molar-refractivity contribution is 6.00. The molecule has 3 rings (SSSR count). The van der Waals surface area contributed by atoms with Gasteiger partial charge in [-0.15, -0.1) is 0 Å². The Hall–Kier alpha value is -2.48. The second-order valence-corrected chi connectivity index (χ2v) is 6.01. The minimum Gasteiger partial charge on any atom is -0.501 e. The molecule has 3 aromatic rings. The Bertz CT molecular complexity index is 841. The average molecular weight is 320 g/mol. The molecule has 0 atom stereocenters. The van der Waals surface area contributed by atoms with Gasteiger partial charge in [-0.1, -0.05) is 67.9 Å². The van der Waals surface area contributed by atoms with Gasteiger partial charge in [0.05, 0.1) is 12.9 Å². The lowest BCUT2D eigenvalue weighted by molar-refractivity contribution is 0.293. The molecule has 2 nitrogen and oxygen atoms in total. The first kappa shape index (κ1) is 16.4. The van der Waals surface area contributed by atoms with E-state index in [1.54, 1.807) is 7.11 Å². The summed E-state index contributed by atoms with van der Waals surface area (Å²) in [7, 11) is 1.73. The van der Waals surface area contributed by atoms with Gasteiger partial charge in [-0.3, -0.25) is 0 Å². The van der Waals surface area contributed by atoms with Crippen LogP contribution >= 0.6 is 0 Å². The van der Waals surface area contributed by atoms with Gasteiger partial charge >= 0.3 is 0 Å². The molecule has 0 fully saturated rings. The quantitative estimate of drug-likeness (QED) is 0.473. The maximum absolute atomic E-state index is 6.40. The average Bonchev–Trinajstić information content (AvgIpc) is 3.02. The predicted molar refractivity (Wildman–Crippen MR) is 101 cm³/mol. The number of benzene rings is 2. The molecule has 0 saturated heterocycles. The summed E-state index contributed by atoms with van der Waals surface area (Å²) in [6.45, 7) is 4.22. The van der Waals surface area contributed by atoms with Gasteiger partial charge in [0.1, 0.15) is 11.5 Å². The smallest absolute Gasteiger partial charge is 0.142 e. The van der Waals surface area contributed by atoms with Gasteiger partial charge in [-0.2, -0.15) is 0 Å². The van der Waals surface area contributed by atoms with E-state index in [2.05, 4.69) is 43.3 Å². The van der Waals surface area contributed by atoms with Crippen LogP contribution in [0.25, 0.3) is 27.7 Å². The number of ether oxygens (including phenoxy) is 1. The van der Waals surface area contributed by atoms with Crippen LogP contribution in [0, 0.1) is 0 Å². The van der Waals surface area contributed by atoms with Crippen molar-refractivity contribution in [3.8, 4) is 11.3 Å². The van der Waals surface area contributed by atoms with Gasteiger partial charge in [0, 0.05) is 21.9 Å². The molecule has 0 amide bonds. The van der Waals surface area contributed by atoms with Crippen LogP contribution in [0.3, 0.4) is 0 Å². The molecule has 0 N–H and O–H groups in total. The number of fused-ring (bicyclic) bond motifs is 1. The number of methoxy groups -OCH3 is 1. The first-order chi connectivity index (χ1) is 11.8. The summed E-state index contributed by atoms with van der Waals surface area (Å²) in [5.74, 6) is 2.80. The fraction of sp³-hybridized carbons (Fsp3) is 0.273. The normalized spacial score (nSPS) is 12.3. The van der Waals surface area contributed by atoms with Crippen molar-refractivity contribution in [2.75, 3.05) is 7.11 Å². The van der Waals surface area contributed by atoms with Crippen LogP contribution < -0.4 is 0 Å². The molecule has 0 unspecified atom stereocenters. The first-order valence-electron chi connectivity index (χ1n) is 8.57. The van der Waals surface area contributed by atoms with E-state index < -0.39 is 0 Å². The number of rotatable bonds is 6. The van der Waals surface area contributed by atoms with Crippen molar-refractivity contribution in [1.29, 1.82) is 0 Å². The summed E-state index contributed by atoms with van der Waals surface area (Å²) < 4.78 is 11.9. The third kappa shape index (κ3) is 3.09. The van der Waals surface area contributed by atoms with Crippen LogP contribution in [0.5, 0.6) is 0 Å². The molecular formula is C22H24O2. The van der Waals surface area contributed by atoms with E-state index in [-0.39, 0.29) is 0 Å². The summed E-state index contributed by atoms with van der Waals surface area (Å²) in [4.78, 5) is 0. The van der Waals surface area contributed by atoms with Gasteiger partial charge in [0.2, 0.25) is 0 Å². The molecule has 0 radical (unpaired) electrons. The monoisotopic (exact) mass is 320 g/mol. The van der Waals surface area contributed by atoms with E-state index in [1.165, 1.54) is 0 Å². The largest absolute Gasteiger partial charge is 0.501 e. The zero-order chi connectivity index (χ0) is 16.9. The molecule has 1 heterocycles. The number of hydrogen-bond acceptors (Lipinski definition) is 2. The van der Waals surface area contributed by atoms with Crippen LogP contribution in [0.2, 0.25) is 0 Å². The second-order valence-electron chi connectivity index (χ2n) is 6.01. The van der Waals surface area contributed by atoms with Crippen molar-refractivity contribution in [3.05, 3.63) is 66.1 Å². The summed E-state index contributed by atoms with van der Waals surface area (Å²) in [6, 6.07) is 18.7. The Morgan fingerprint density at radius 1 is 0.958 bits per heavy atom. The number of unbranched alkanes of at least 4 members (excludes halogenated alkanes) is 1. The van der Waals surface area contributed by atoms with E-state index in [0.717, 1.165) is 58.5 Å². The summed E-state index contributed by atoms with van der Waals surface area (Å²) >= 11 is 0. The first-order valence-corrected chi connectivity index (χ1v) is 8.57. The molecule has 0 spiro atoms. The lowest BCUT2D eigenvalue weighted by Crippen LogP contribution is -1.91. The Morgan fingerprint density at radius 2 is 1.62 bits per heavy atom. The Balaban J connectivity index is 2.22. The third-order valence-electron chi connectivity index (χ3n) is 4.44. The fourth-order valence-corrected chi connectivity index (χ4v) is 3.05. The Labute approximate surface area is 143 Å². The molecule has 0 bridgehead atoms. The van der Waals surface area contributed by atoms with E-state index in [1.807, 2.05) is 25.1 Å². The molecule has 124 valence electrons. The summed E-state index contributed by atoms with van der Waals surface area (Å²) in [5, 5.41) is 2.30. The van der Waals surface area contributed by atoms with Crippen molar-refractivity contribution in [3.63, 3.8) is 0 Å². The van der Waals surface area contributed by atoms with E-state index in [0.29, 0.717) is 0 Å². The van der Waals surface area contributed by atoms with Crippen LogP contribution in [0.1, 0.15) is 38.9 Å². The number of furan rings is 1. The van der Waals surface area contributed by atoms with Crippen molar-refractivity contribution in [2.24, 2.45) is 0 Å². The standard InChI is InChI=1S/C22H24O2/c1-4-5-13-18(16(2)23-3)22-20-15-10-9-14-19(20)21(24-22)17-11-7-6-8-12-17/h6-12,14-15H,4-5,13H2,1-3H3/b18-16+. The van der Waals surface area contributed by atoms with Gasteiger partial charge in [-0.25, -0.2) is 0 Å². The minimum absolute atomic E-state index is 0.930. The van der Waals surface area contributed by atoms with Gasteiger partial charge in [0.25, 0.3) is 0 Å². The lowest BCUT2D eigenvalue weighted by Gasteiger charge is -2.09. The molecular weight excluding hydrogens is 296 g/mol. The topological polar surface area (TPSA) is 22.4 Å². The highest BCUT2D eigenvalue weighted by atomic mass is 16.5. The van der Waals surface area contributed by atoms with Crippen LogP contribution in [0.15, 0.2) is 64.8 Å². The molecule has 2 heteroatoms. The van der Waals surface area contributed by atoms with Crippen molar-refractivity contribution >= 4 is 16.3 Å². The molecule has 24 heavy (non-hydrogen) atoms. The zero-order valence-corrected chi connectivity index (χ0v) is 14.6. The van der Waals surface area contributed by atoms with Crippen molar-refractivity contribution in [1.82, 2.24) is 0 Å². The molecule has 1 aromatic heterocycles.